The lowest BCUT2D eigenvalue weighted by molar-refractivity contribution is 0.0699. The van der Waals surface area contributed by atoms with Crippen molar-refractivity contribution in [3.8, 4) is 0 Å². The van der Waals surface area contributed by atoms with E-state index < -0.39 is 0 Å². The third-order valence-corrected chi connectivity index (χ3v) is 4.51. The predicted molar refractivity (Wildman–Crippen MR) is 94.3 cm³/mol. The van der Waals surface area contributed by atoms with Crippen molar-refractivity contribution in [3.05, 3.63) is 52.7 Å². The van der Waals surface area contributed by atoms with E-state index in [0.717, 1.165) is 29.7 Å². The molecule has 6 nitrogen and oxygen atoms in total. The number of aryl methyl sites for hydroxylation is 1. The van der Waals surface area contributed by atoms with Crippen LogP contribution in [0.1, 0.15) is 32.8 Å². The van der Waals surface area contributed by atoms with Gasteiger partial charge < -0.3 is 19.0 Å². The van der Waals surface area contributed by atoms with Crippen LogP contribution in [0.2, 0.25) is 0 Å². The lowest BCUT2D eigenvalue weighted by Crippen LogP contribution is -2.36. The minimum Gasteiger partial charge on any atom is -0.459 e. The smallest absolute Gasteiger partial charge is 0.290 e. The van der Waals surface area contributed by atoms with Gasteiger partial charge in [-0.25, -0.2) is 0 Å². The number of ether oxygens (including phenoxy) is 1. The Labute approximate surface area is 148 Å². The van der Waals surface area contributed by atoms with Gasteiger partial charge in [0.2, 0.25) is 0 Å². The highest BCUT2D eigenvalue weighted by Gasteiger charge is 2.26. The first-order valence-electron chi connectivity index (χ1n) is 8.56. The molecule has 0 saturated heterocycles. The number of amides is 1. The van der Waals surface area contributed by atoms with E-state index in [0.29, 0.717) is 32.1 Å². The van der Waals surface area contributed by atoms with Crippen LogP contribution in [0.25, 0.3) is 0 Å². The van der Waals surface area contributed by atoms with Crippen molar-refractivity contribution < 1.29 is 13.9 Å². The van der Waals surface area contributed by atoms with Gasteiger partial charge in [-0.1, -0.05) is 0 Å². The monoisotopic (exact) mass is 343 g/mol. The summed E-state index contributed by atoms with van der Waals surface area (Å²) in [5, 5.41) is 0. The van der Waals surface area contributed by atoms with E-state index in [1.54, 1.807) is 6.26 Å². The second-order valence-corrected chi connectivity index (χ2v) is 6.70. The van der Waals surface area contributed by atoms with E-state index in [4.69, 9.17) is 9.15 Å². The highest BCUT2D eigenvalue weighted by atomic mass is 16.5. The fourth-order valence-electron chi connectivity index (χ4n) is 3.03. The van der Waals surface area contributed by atoms with Crippen molar-refractivity contribution in [1.29, 1.82) is 0 Å². The number of hydrogen-bond donors (Lipinski definition) is 0. The van der Waals surface area contributed by atoms with E-state index in [-0.39, 0.29) is 5.91 Å². The number of aromatic nitrogens is 1. The Bertz CT molecular complexity index is 739. The summed E-state index contributed by atoms with van der Waals surface area (Å²) in [4.78, 5) is 20.9. The van der Waals surface area contributed by atoms with Crippen molar-refractivity contribution in [2.45, 2.75) is 26.5 Å². The first-order valence-corrected chi connectivity index (χ1v) is 8.56. The maximum atomic E-state index is 12.6. The van der Waals surface area contributed by atoms with E-state index in [1.807, 2.05) is 44.4 Å². The molecular weight excluding hydrogens is 318 g/mol. The van der Waals surface area contributed by atoms with Gasteiger partial charge in [-0.3, -0.25) is 9.78 Å². The Kier molecular flexibility index (Phi) is 5.50. The van der Waals surface area contributed by atoms with Crippen LogP contribution in [-0.4, -0.2) is 54.5 Å². The third kappa shape index (κ3) is 4.08. The summed E-state index contributed by atoms with van der Waals surface area (Å²) in [5.41, 5.74) is 4.35. The minimum absolute atomic E-state index is 0.0548. The molecule has 0 aromatic carbocycles. The molecule has 25 heavy (non-hydrogen) atoms. The molecular formula is C19H25N3O3. The topological polar surface area (TPSA) is 58.8 Å². The maximum absolute atomic E-state index is 12.6. The predicted octanol–water partition coefficient (Wildman–Crippen LogP) is 2.26. The molecule has 3 rings (SSSR count). The number of nitrogens with zero attached hydrogens (tertiary/aromatic N) is 3. The van der Waals surface area contributed by atoms with Crippen LogP contribution < -0.4 is 0 Å². The highest BCUT2D eigenvalue weighted by molar-refractivity contribution is 5.93. The summed E-state index contributed by atoms with van der Waals surface area (Å²) in [6.07, 6.45) is 6.11. The van der Waals surface area contributed by atoms with Crippen LogP contribution in [0, 0.1) is 6.92 Å². The zero-order valence-corrected chi connectivity index (χ0v) is 15.1. The van der Waals surface area contributed by atoms with Gasteiger partial charge in [-0.15, -0.1) is 0 Å². The standard InChI is InChI=1S/C19H25N3O3/c1-14-5-8-25-18(14)19(23)22-6-4-17-15(12-22)10-20-11-16(17)13-24-9-7-21(2)3/h5,8,10-11H,4,6-7,9,12-13H2,1-3H3. The molecule has 0 fully saturated rings. The molecule has 0 bridgehead atoms. The van der Waals surface area contributed by atoms with Crippen LogP contribution in [0.15, 0.2) is 29.1 Å². The Morgan fingerprint density at radius 2 is 2.24 bits per heavy atom. The molecule has 1 amide bonds. The molecule has 6 heteroatoms. The van der Waals surface area contributed by atoms with Gasteiger partial charge in [-0.05, 0) is 50.2 Å². The van der Waals surface area contributed by atoms with E-state index in [9.17, 15) is 4.79 Å². The largest absolute Gasteiger partial charge is 0.459 e. The van der Waals surface area contributed by atoms with Crippen molar-refractivity contribution in [3.63, 3.8) is 0 Å². The lowest BCUT2D eigenvalue weighted by Gasteiger charge is -2.29. The Morgan fingerprint density at radius 3 is 2.96 bits per heavy atom. The molecule has 0 radical (unpaired) electrons. The maximum Gasteiger partial charge on any atom is 0.290 e. The minimum atomic E-state index is -0.0548. The Morgan fingerprint density at radius 1 is 1.40 bits per heavy atom. The fraction of sp³-hybridized carbons (Fsp3) is 0.474. The van der Waals surface area contributed by atoms with Gasteiger partial charge in [0.05, 0.1) is 19.5 Å². The Balaban J connectivity index is 1.67. The average Bonchev–Trinajstić information content (AvgIpc) is 3.03. The van der Waals surface area contributed by atoms with Gasteiger partial charge in [-0.2, -0.15) is 0 Å². The number of rotatable bonds is 6. The SMILES string of the molecule is Cc1ccoc1C(=O)N1CCc2c(COCCN(C)C)cncc2C1. The van der Waals surface area contributed by atoms with E-state index in [1.165, 1.54) is 5.56 Å². The van der Waals surface area contributed by atoms with Crippen LogP contribution in [0.4, 0.5) is 0 Å². The van der Waals surface area contributed by atoms with Crippen LogP contribution in [-0.2, 0) is 24.3 Å². The molecule has 0 unspecified atom stereocenters. The molecule has 0 atom stereocenters. The number of likely N-dealkylation sites (N-methyl/N-ethyl adjacent to an activating group) is 1. The van der Waals surface area contributed by atoms with Gasteiger partial charge in [0.15, 0.2) is 5.76 Å². The molecule has 0 aliphatic carbocycles. The van der Waals surface area contributed by atoms with E-state index in [2.05, 4.69) is 9.88 Å². The number of furan rings is 1. The van der Waals surface area contributed by atoms with Crippen molar-refractivity contribution in [2.75, 3.05) is 33.8 Å². The Hall–Kier alpha value is -2.18. The van der Waals surface area contributed by atoms with Crippen molar-refractivity contribution >= 4 is 5.91 Å². The molecule has 3 heterocycles. The fourth-order valence-corrected chi connectivity index (χ4v) is 3.03. The van der Waals surface area contributed by atoms with Crippen LogP contribution >= 0.6 is 0 Å². The normalized spacial score (nSPS) is 14.0. The van der Waals surface area contributed by atoms with Crippen LogP contribution in [0.3, 0.4) is 0 Å². The van der Waals surface area contributed by atoms with Gasteiger partial charge in [0.1, 0.15) is 0 Å². The molecule has 0 N–H and O–H groups in total. The molecule has 2 aromatic heterocycles. The number of hydrogen-bond acceptors (Lipinski definition) is 5. The van der Waals surface area contributed by atoms with Gasteiger partial charge in [0, 0.05) is 37.6 Å². The average molecular weight is 343 g/mol. The number of pyridine rings is 1. The molecule has 1 aliphatic rings. The molecule has 1 aliphatic heterocycles. The summed E-state index contributed by atoms with van der Waals surface area (Å²) in [6, 6.07) is 1.82. The number of carbonyl (C=O) groups is 1. The van der Waals surface area contributed by atoms with Gasteiger partial charge in [0.25, 0.3) is 5.91 Å². The second-order valence-electron chi connectivity index (χ2n) is 6.70. The first-order chi connectivity index (χ1) is 12.1. The second kappa shape index (κ2) is 7.80. The first kappa shape index (κ1) is 17.6. The summed E-state index contributed by atoms with van der Waals surface area (Å²) < 4.78 is 11.1. The van der Waals surface area contributed by atoms with Gasteiger partial charge >= 0.3 is 0 Å². The lowest BCUT2D eigenvalue weighted by atomic mass is 9.97. The summed E-state index contributed by atoms with van der Waals surface area (Å²) in [7, 11) is 4.06. The highest BCUT2D eigenvalue weighted by Crippen LogP contribution is 2.24. The summed E-state index contributed by atoms with van der Waals surface area (Å²) in [5.74, 6) is 0.375. The zero-order valence-electron chi connectivity index (χ0n) is 15.1. The molecule has 134 valence electrons. The van der Waals surface area contributed by atoms with Crippen molar-refractivity contribution in [2.24, 2.45) is 0 Å². The van der Waals surface area contributed by atoms with Crippen molar-refractivity contribution in [1.82, 2.24) is 14.8 Å². The number of fused-ring (bicyclic) bond motifs is 1. The third-order valence-electron chi connectivity index (χ3n) is 4.51. The quantitative estimate of drug-likeness (QED) is 0.753. The molecule has 2 aromatic rings. The summed E-state index contributed by atoms with van der Waals surface area (Å²) >= 11 is 0. The number of carbonyl (C=O) groups excluding carboxylic acids is 1. The zero-order chi connectivity index (χ0) is 17.8. The van der Waals surface area contributed by atoms with E-state index >= 15 is 0 Å². The molecule has 0 spiro atoms. The molecule has 0 saturated carbocycles. The summed E-state index contributed by atoms with van der Waals surface area (Å²) in [6.45, 7) is 5.29. The van der Waals surface area contributed by atoms with Crippen LogP contribution in [0.5, 0.6) is 0 Å².